The summed E-state index contributed by atoms with van der Waals surface area (Å²) in [6.07, 6.45) is 6.22. The molecule has 204 valence electrons. The minimum absolute atomic E-state index is 0.0539. The Morgan fingerprint density at radius 2 is 1.92 bits per heavy atom. The quantitative estimate of drug-likeness (QED) is 0.192. The van der Waals surface area contributed by atoms with Gasteiger partial charge in [-0.25, -0.2) is 9.37 Å². The van der Waals surface area contributed by atoms with Crippen LogP contribution < -0.4 is 0 Å². The fourth-order valence-electron chi connectivity index (χ4n) is 5.02. The van der Waals surface area contributed by atoms with Gasteiger partial charge < -0.3 is 19.1 Å². The molecular weight excluding hydrogens is 571 g/mol. The molecule has 0 bridgehead atoms. The van der Waals surface area contributed by atoms with Gasteiger partial charge in [-0.3, -0.25) is 4.79 Å². The number of carbonyl (C=O) groups is 1. The van der Waals surface area contributed by atoms with Gasteiger partial charge in [0.2, 0.25) is 0 Å². The van der Waals surface area contributed by atoms with Crippen LogP contribution in [0.2, 0.25) is 5.02 Å². The van der Waals surface area contributed by atoms with E-state index in [-0.39, 0.29) is 18.8 Å². The van der Waals surface area contributed by atoms with Gasteiger partial charge in [-0.2, -0.15) is 0 Å². The molecule has 3 aromatic rings. The molecule has 6 nitrogen and oxygen atoms in total. The number of hydrogen-bond acceptors (Lipinski definition) is 5. The van der Waals surface area contributed by atoms with E-state index in [4.69, 9.17) is 16.3 Å². The number of carbonyl (C=O) groups excluding carboxylic acids is 1. The smallest absolute Gasteiger partial charge is 0.188 e. The first-order chi connectivity index (χ1) is 18.4. The van der Waals surface area contributed by atoms with Crippen molar-refractivity contribution in [2.24, 2.45) is 5.92 Å². The number of fused-ring (bicyclic) bond motifs is 1. The predicted molar refractivity (Wildman–Crippen MR) is 153 cm³/mol. The molecule has 1 aliphatic heterocycles. The average molecular weight is 606 g/mol. The summed E-state index contributed by atoms with van der Waals surface area (Å²) in [6, 6.07) is 7.31. The zero-order valence-corrected chi connectivity index (χ0v) is 24.2. The maximum Gasteiger partial charge on any atom is 0.188 e. The number of halogens is 3. The van der Waals surface area contributed by atoms with Crippen molar-refractivity contribution in [1.82, 2.24) is 19.4 Å². The van der Waals surface area contributed by atoms with Crippen LogP contribution in [0.1, 0.15) is 47.2 Å². The molecule has 9 heteroatoms. The van der Waals surface area contributed by atoms with Gasteiger partial charge in [-0.1, -0.05) is 33.6 Å². The van der Waals surface area contributed by atoms with Gasteiger partial charge in [0, 0.05) is 59.8 Å². The number of unbranched alkanes of at least 4 members (excludes halogenated alkanes) is 1. The molecule has 5 rings (SSSR count). The third kappa shape index (κ3) is 6.83. The van der Waals surface area contributed by atoms with Crippen molar-refractivity contribution in [3.8, 4) is 0 Å². The Bertz CT molecular complexity index is 1290. The van der Waals surface area contributed by atoms with Crippen molar-refractivity contribution in [3.05, 3.63) is 62.6 Å². The van der Waals surface area contributed by atoms with Crippen molar-refractivity contribution in [2.45, 2.75) is 38.6 Å². The fourth-order valence-corrected chi connectivity index (χ4v) is 5.76. The molecule has 0 spiro atoms. The van der Waals surface area contributed by atoms with E-state index in [2.05, 4.69) is 37.8 Å². The highest BCUT2D eigenvalue weighted by Crippen LogP contribution is 2.31. The molecule has 1 saturated heterocycles. The summed E-state index contributed by atoms with van der Waals surface area (Å²) >= 11 is 9.88. The Morgan fingerprint density at radius 3 is 2.66 bits per heavy atom. The molecule has 1 saturated carbocycles. The van der Waals surface area contributed by atoms with Crippen LogP contribution in [0.15, 0.2) is 35.1 Å². The van der Waals surface area contributed by atoms with Crippen LogP contribution in [0.5, 0.6) is 0 Å². The normalized spacial score (nSPS) is 16.9. The summed E-state index contributed by atoms with van der Waals surface area (Å²) < 4.78 is 24.5. The van der Waals surface area contributed by atoms with Gasteiger partial charge in [0.15, 0.2) is 11.6 Å². The van der Waals surface area contributed by atoms with Gasteiger partial charge in [-0.05, 0) is 69.0 Å². The van der Waals surface area contributed by atoms with Crippen LogP contribution in [0.3, 0.4) is 0 Å². The number of nitrogens with zero attached hydrogens (tertiary/aromatic N) is 4. The van der Waals surface area contributed by atoms with Crippen molar-refractivity contribution in [3.63, 3.8) is 0 Å². The zero-order valence-electron chi connectivity index (χ0n) is 21.9. The van der Waals surface area contributed by atoms with E-state index in [0.29, 0.717) is 39.7 Å². The summed E-state index contributed by atoms with van der Waals surface area (Å²) in [5, 5.41) is 0.521. The summed E-state index contributed by atoms with van der Waals surface area (Å²) in [6.45, 7) is 6.75. The molecule has 0 N–H and O–H groups in total. The molecule has 0 unspecified atom stereocenters. The van der Waals surface area contributed by atoms with E-state index in [9.17, 15) is 4.79 Å². The lowest BCUT2D eigenvalue weighted by Crippen LogP contribution is -2.44. The topological polar surface area (TPSA) is 50.6 Å². The van der Waals surface area contributed by atoms with E-state index in [1.165, 1.54) is 0 Å². The standard InChI is InChI=1S/C29H35BrClFN4O2/c1-34-10-12-35(13-11-34)8-2-3-9-36-19-33-29-26(36)16-23(27(37)18-38-17-20-4-5-20)24(28(29)32)14-21-6-7-22(30)15-25(21)31/h6-7,15-16,19-20H,2-5,8-14,17-18H2,1H3. The fraction of sp³-hybridized carbons (Fsp3) is 0.517. The first-order valence-electron chi connectivity index (χ1n) is 13.5. The van der Waals surface area contributed by atoms with Gasteiger partial charge >= 0.3 is 0 Å². The summed E-state index contributed by atoms with van der Waals surface area (Å²) in [5.41, 5.74) is 2.37. The molecule has 0 radical (unpaired) electrons. The third-order valence-corrected chi connectivity index (χ3v) is 8.49. The van der Waals surface area contributed by atoms with Crippen LogP contribution in [0, 0.1) is 11.7 Å². The van der Waals surface area contributed by atoms with Gasteiger partial charge in [0.05, 0.1) is 18.5 Å². The lowest BCUT2D eigenvalue weighted by atomic mass is 9.95. The Kier molecular flexibility index (Phi) is 9.16. The highest BCUT2D eigenvalue weighted by atomic mass is 79.9. The highest BCUT2D eigenvalue weighted by Gasteiger charge is 2.25. The van der Waals surface area contributed by atoms with E-state index in [1.54, 1.807) is 18.5 Å². The number of aromatic nitrogens is 2. The molecule has 0 amide bonds. The number of imidazole rings is 1. The van der Waals surface area contributed by atoms with Crippen LogP contribution in [-0.4, -0.2) is 78.1 Å². The number of likely N-dealkylation sites (N-methyl/N-ethyl adjacent to an activating group) is 1. The van der Waals surface area contributed by atoms with Crippen molar-refractivity contribution in [1.29, 1.82) is 0 Å². The van der Waals surface area contributed by atoms with Crippen LogP contribution in [0.25, 0.3) is 11.0 Å². The number of ketones is 1. The molecule has 2 aromatic carbocycles. The second kappa shape index (κ2) is 12.6. The molecule has 1 aliphatic carbocycles. The molecular formula is C29H35BrClFN4O2. The second-order valence-electron chi connectivity index (χ2n) is 10.7. The van der Waals surface area contributed by atoms with E-state index in [0.717, 1.165) is 75.0 Å². The van der Waals surface area contributed by atoms with Gasteiger partial charge in [0.1, 0.15) is 12.1 Å². The lowest BCUT2D eigenvalue weighted by molar-refractivity contribution is 0.0738. The average Bonchev–Trinajstić information content (AvgIpc) is 3.63. The number of rotatable bonds is 12. The number of hydrogen-bond donors (Lipinski definition) is 0. The molecule has 1 aromatic heterocycles. The first kappa shape index (κ1) is 27.7. The van der Waals surface area contributed by atoms with Crippen molar-refractivity contribution < 1.29 is 13.9 Å². The Morgan fingerprint density at radius 1 is 1.16 bits per heavy atom. The van der Waals surface area contributed by atoms with E-state index >= 15 is 4.39 Å². The lowest BCUT2D eigenvalue weighted by Gasteiger charge is -2.32. The minimum atomic E-state index is -0.455. The summed E-state index contributed by atoms with van der Waals surface area (Å²) in [7, 11) is 2.16. The zero-order chi connectivity index (χ0) is 26.6. The van der Waals surface area contributed by atoms with Crippen molar-refractivity contribution >= 4 is 44.3 Å². The first-order valence-corrected chi connectivity index (χ1v) is 14.7. The predicted octanol–water partition coefficient (Wildman–Crippen LogP) is 5.82. The maximum absolute atomic E-state index is 16.0. The van der Waals surface area contributed by atoms with Crippen LogP contribution >= 0.6 is 27.5 Å². The number of benzene rings is 2. The SMILES string of the molecule is CN1CCN(CCCCn2cnc3c(F)c(Cc4ccc(Br)cc4Cl)c(C(=O)COCC4CC4)cc32)CC1. The molecule has 2 heterocycles. The van der Waals surface area contributed by atoms with E-state index in [1.807, 2.05) is 16.7 Å². The summed E-state index contributed by atoms with van der Waals surface area (Å²) in [5.74, 6) is -0.115. The van der Waals surface area contributed by atoms with Crippen LogP contribution in [-0.2, 0) is 17.7 Å². The monoisotopic (exact) mass is 604 g/mol. The molecule has 0 atom stereocenters. The van der Waals surface area contributed by atoms with E-state index < -0.39 is 5.82 Å². The van der Waals surface area contributed by atoms with Gasteiger partial charge in [-0.15, -0.1) is 0 Å². The Hall–Kier alpha value is -1.84. The van der Waals surface area contributed by atoms with Crippen molar-refractivity contribution in [2.75, 3.05) is 53.0 Å². The minimum Gasteiger partial charge on any atom is -0.373 e. The number of piperazine rings is 1. The van der Waals surface area contributed by atoms with Gasteiger partial charge in [0.25, 0.3) is 0 Å². The number of Topliss-reactive ketones (excluding diaryl/α,β-unsaturated/α-hetero) is 1. The molecule has 2 aliphatic rings. The number of aryl methyl sites for hydroxylation is 1. The third-order valence-electron chi connectivity index (χ3n) is 7.64. The maximum atomic E-state index is 16.0. The Balaban J connectivity index is 1.35. The second-order valence-corrected chi connectivity index (χ2v) is 12.0. The molecule has 2 fully saturated rings. The Labute approximate surface area is 237 Å². The molecule has 38 heavy (non-hydrogen) atoms. The number of ether oxygens (including phenoxy) is 1. The largest absolute Gasteiger partial charge is 0.373 e. The summed E-state index contributed by atoms with van der Waals surface area (Å²) in [4.78, 5) is 22.6. The highest BCUT2D eigenvalue weighted by molar-refractivity contribution is 9.10. The van der Waals surface area contributed by atoms with Crippen LogP contribution in [0.4, 0.5) is 4.39 Å².